The van der Waals surface area contributed by atoms with Gasteiger partial charge in [-0.2, -0.15) is 0 Å². The zero-order valence-electron chi connectivity index (χ0n) is 14.0. The third-order valence-electron chi connectivity index (χ3n) is 4.90. The van der Waals surface area contributed by atoms with Gasteiger partial charge in [-0.05, 0) is 23.8 Å². The highest BCUT2D eigenvalue weighted by Crippen LogP contribution is 2.51. The maximum Gasteiger partial charge on any atom is 0.259 e. The highest BCUT2D eigenvalue weighted by atomic mass is 16.5. The van der Waals surface area contributed by atoms with Gasteiger partial charge in [0.1, 0.15) is 11.8 Å². The van der Waals surface area contributed by atoms with Gasteiger partial charge in [0.25, 0.3) is 5.91 Å². The van der Waals surface area contributed by atoms with Crippen molar-refractivity contribution < 1.29 is 14.3 Å². The number of hydrogen-bond donors (Lipinski definition) is 0. The first-order valence-corrected chi connectivity index (χ1v) is 8.67. The summed E-state index contributed by atoms with van der Waals surface area (Å²) < 4.78 is 12.1. The van der Waals surface area contributed by atoms with E-state index in [4.69, 9.17) is 9.47 Å². The number of anilines is 1. The second-order valence-corrected chi connectivity index (χ2v) is 6.48. The van der Waals surface area contributed by atoms with Crippen molar-refractivity contribution in [3.8, 4) is 11.5 Å². The summed E-state index contributed by atoms with van der Waals surface area (Å²) in [6.07, 6.45) is -0.508. The van der Waals surface area contributed by atoms with Crippen molar-refractivity contribution in [3.05, 3.63) is 90.0 Å². The van der Waals surface area contributed by atoms with Gasteiger partial charge in [-0.1, -0.05) is 60.7 Å². The fraction of sp³-hybridized carbons (Fsp3) is 0.136. The second-order valence-electron chi connectivity index (χ2n) is 6.48. The molecular formula is C22H17NO3. The number of fused-ring (bicyclic) bond motifs is 5. The molecule has 2 aliphatic rings. The summed E-state index contributed by atoms with van der Waals surface area (Å²) in [7, 11) is 0. The normalized spacial score (nSPS) is 20.2. The molecule has 26 heavy (non-hydrogen) atoms. The van der Waals surface area contributed by atoms with Crippen molar-refractivity contribution in [2.24, 2.45) is 0 Å². The lowest BCUT2D eigenvalue weighted by Gasteiger charge is -2.45. The van der Waals surface area contributed by atoms with Crippen LogP contribution in [-0.2, 0) is 16.1 Å². The maximum atomic E-state index is 12.9. The molecule has 0 aliphatic carbocycles. The van der Waals surface area contributed by atoms with E-state index in [1.165, 1.54) is 0 Å². The van der Waals surface area contributed by atoms with Gasteiger partial charge in [0.15, 0.2) is 11.9 Å². The van der Waals surface area contributed by atoms with Gasteiger partial charge in [0.2, 0.25) is 0 Å². The number of ether oxygens (including phenoxy) is 2. The van der Waals surface area contributed by atoms with Crippen LogP contribution in [0.2, 0.25) is 0 Å². The fourth-order valence-electron chi connectivity index (χ4n) is 3.63. The summed E-state index contributed by atoms with van der Waals surface area (Å²) >= 11 is 0. The quantitative estimate of drug-likeness (QED) is 0.659. The molecule has 4 nitrogen and oxygen atoms in total. The average molecular weight is 343 g/mol. The summed E-state index contributed by atoms with van der Waals surface area (Å²) in [6, 6.07) is 25.2. The molecule has 0 aromatic heterocycles. The minimum absolute atomic E-state index is 0.0290. The Morgan fingerprint density at radius 2 is 1.54 bits per heavy atom. The number of β-lactam (4-membered cyclic amide) rings is 1. The second kappa shape index (κ2) is 6.00. The van der Waals surface area contributed by atoms with Crippen LogP contribution in [0.25, 0.3) is 0 Å². The maximum absolute atomic E-state index is 12.9. The average Bonchev–Trinajstić information content (AvgIpc) is 2.81. The van der Waals surface area contributed by atoms with Crippen molar-refractivity contribution in [3.63, 3.8) is 0 Å². The molecule has 0 N–H and O–H groups in total. The van der Waals surface area contributed by atoms with Gasteiger partial charge in [-0.25, -0.2) is 0 Å². The first-order chi connectivity index (χ1) is 12.8. The van der Waals surface area contributed by atoms with E-state index in [0.717, 1.165) is 22.6 Å². The number of rotatable bonds is 3. The van der Waals surface area contributed by atoms with Crippen LogP contribution in [0.5, 0.6) is 11.5 Å². The Kier molecular flexibility index (Phi) is 3.50. The van der Waals surface area contributed by atoms with Gasteiger partial charge in [-0.3, -0.25) is 9.69 Å². The molecule has 0 spiro atoms. The number of nitrogens with zero attached hydrogens (tertiary/aromatic N) is 1. The van der Waals surface area contributed by atoms with Crippen LogP contribution in [0.1, 0.15) is 17.2 Å². The Hall–Kier alpha value is -3.11. The van der Waals surface area contributed by atoms with E-state index in [-0.39, 0.29) is 11.9 Å². The first-order valence-electron chi connectivity index (χ1n) is 8.67. The highest BCUT2D eigenvalue weighted by Gasteiger charge is 2.52. The van der Waals surface area contributed by atoms with E-state index in [9.17, 15) is 4.79 Å². The SMILES string of the molecule is O=C1[C@@H](OCc2ccccc2)[C@@H]2c3ccccc3Oc3ccccc3N12. The molecule has 5 rings (SSSR count). The summed E-state index contributed by atoms with van der Waals surface area (Å²) in [5.41, 5.74) is 2.82. The Balaban J connectivity index is 1.51. The van der Waals surface area contributed by atoms with Crippen LogP contribution in [0.4, 0.5) is 5.69 Å². The standard InChI is InChI=1S/C22H17NO3/c24-22-21(25-14-15-8-2-1-3-9-15)20-16-10-4-6-12-18(16)26-19-13-7-5-11-17(19)23(20)22/h1-13,20-21H,14H2/t20-,21-/m0/s1. The molecule has 4 heteroatoms. The van der Waals surface area contributed by atoms with Crippen molar-refractivity contribution in [2.75, 3.05) is 4.90 Å². The monoisotopic (exact) mass is 343 g/mol. The van der Waals surface area contributed by atoms with Crippen molar-refractivity contribution in [1.82, 2.24) is 0 Å². The molecule has 3 aromatic rings. The molecule has 0 bridgehead atoms. The highest BCUT2D eigenvalue weighted by molar-refractivity contribution is 6.06. The van der Waals surface area contributed by atoms with E-state index >= 15 is 0 Å². The zero-order valence-corrected chi connectivity index (χ0v) is 14.0. The predicted molar refractivity (Wildman–Crippen MR) is 98.2 cm³/mol. The van der Waals surface area contributed by atoms with Crippen LogP contribution in [0.3, 0.4) is 0 Å². The molecule has 0 saturated carbocycles. The molecule has 3 aromatic carbocycles. The van der Waals surface area contributed by atoms with Crippen molar-refractivity contribution in [2.45, 2.75) is 18.8 Å². The number of benzene rings is 3. The third kappa shape index (κ3) is 2.30. The predicted octanol–water partition coefficient (Wildman–Crippen LogP) is 4.47. The lowest BCUT2D eigenvalue weighted by molar-refractivity contribution is -0.143. The zero-order chi connectivity index (χ0) is 17.5. The molecule has 1 saturated heterocycles. The molecule has 0 radical (unpaired) electrons. The van der Waals surface area contributed by atoms with E-state index in [1.54, 1.807) is 4.90 Å². The van der Waals surface area contributed by atoms with Gasteiger partial charge < -0.3 is 9.47 Å². The van der Waals surface area contributed by atoms with E-state index in [1.807, 2.05) is 78.9 Å². The topological polar surface area (TPSA) is 38.8 Å². The van der Waals surface area contributed by atoms with Gasteiger partial charge in [-0.15, -0.1) is 0 Å². The van der Waals surface area contributed by atoms with Crippen LogP contribution >= 0.6 is 0 Å². The molecule has 2 aliphatic heterocycles. The van der Waals surface area contributed by atoms with Crippen molar-refractivity contribution >= 4 is 11.6 Å². The number of carbonyl (C=O) groups is 1. The minimum atomic E-state index is -0.508. The molecule has 128 valence electrons. The molecule has 1 amide bonds. The number of hydrogen-bond acceptors (Lipinski definition) is 3. The van der Waals surface area contributed by atoms with Crippen molar-refractivity contribution in [1.29, 1.82) is 0 Å². The minimum Gasteiger partial charge on any atom is -0.455 e. The molecule has 1 fully saturated rings. The number of amides is 1. The molecule has 2 heterocycles. The molecule has 2 atom stereocenters. The smallest absolute Gasteiger partial charge is 0.259 e. The lowest BCUT2D eigenvalue weighted by atomic mass is 9.89. The van der Waals surface area contributed by atoms with Gasteiger partial charge >= 0.3 is 0 Å². The summed E-state index contributed by atoms with van der Waals surface area (Å²) in [5.74, 6) is 1.43. The van der Waals surface area contributed by atoms with Gasteiger partial charge in [0.05, 0.1) is 12.3 Å². The van der Waals surface area contributed by atoms with Crippen LogP contribution in [-0.4, -0.2) is 12.0 Å². The van der Waals surface area contributed by atoms with E-state index in [2.05, 4.69) is 0 Å². The Morgan fingerprint density at radius 3 is 2.38 bits per heavy atom. The van der Waals surface area contributed by atoms with Crippen LogP contribution in [0, 0.1) is 0 Å². The first kappa shape index (κ1) is 15.2. The fourth-order valence-corrected chi connectivity index (χ4v) is 3.63. The summed E-state index contributed by atoms with van der Waals surface area (Å²) in [4.78, 5) is 14.7. The Labute approximate surface area is 151 Å². The molecule has 0 unspecified atom stereocenters. The number of para-hydroxylation sites is 3. The lowest BCUT2D eigenvalue weighted by Crippen LogP contribution is -2.60. The van der Waals surface area contributed by atoms with Gasteiger partial charge in [0, 0.05) is 5.56 Å². The largest absolute Gasteiger partial charge is 0.455 e. The summed E-state index contributed by atoms with van der Waals surface area (Å²) in [5, 5.41) is 0. The Morgan fingerprint density at radius 1 is 0.846 bits per heavy atom. The third-order valence-corrected chi connectivity index (χ3v) is 4.90. The number of carbonyl (C=O) groups excluding carboxylic acids is 1. The van der Waals surface area contributed by atoms with E-state index < -0.39 is 6.10 Å². The van der Waals surface area contributed by atoms with E-state index in [0.29, 0.717) is 12.4 Å². The Bertz CT molecular complexity index is 970. The summed E-state index contributed by atoms with van der Waals surface area (Å²) in [6.45, 7) is 0.409. The van der Waals surface area contributed by atoms with Crippen LogP contribution in [0.15, 0.2) is 78.9 Å². The van der Waals surface area contributed by atoms with Crippen LogP contribution < -0.4 is 9.64 Å². The molecular weight excluding hydrogens is 326 g/mol.